The van der Waals surface area contributed by atoms with E-state index in [1.165, 1.54) is 0 Å². The number of rotatable bonds is 5. The molecule has 2 aliphatic rings. The molecule has 0 saturated carbocycles. The van der Waals surface area contributed by atoms with E-state index in [1.54, 1.807) is 23.5 Å². The van der Waals surface area contributed by atoms with Crippen molar-refractivity contribution in [2.75, 3.05) is 24.6 Å². The number of aromatic nitrogens is 2. The number of hydrogen-bond acceptors (Lipinski definition) is 6. The van der Waals surface area contributed by atoms with Crippen molar-refractivity contribution < 1.29 is 14.3 Å². The number of ether oxygens (including phenoxy) is 1. The molecule has 1 aromatic heterocycles. The number of benzene rings is 1. The van der Waals surface area contributed by atoms with Crippen molar-refractivity contribution in [1.29, 1.82) is 0 Å². The van der Waals surface area contributed by atoms with Gasteiger partial charge in [0, 0.05) is 37.6 Å². The molecule has 2 amide bonds. The predicted octanol–water partition coefficient (Wildman–Crippen LogP) is 1.94. The number of morpholine rings is 1. The van der Waals surface area contributed by atoms with Crippen LogP contribution in [0.1, 0.15) is 38.3 Å². The van der Waals surface area contributed by atoms with Crippen LogP contribution in [0.25, 0.3) is 0 Å². The Morgan fingerprint density at radius 2 is 1.90 bits per heavy atom. The largest absolute Gasteiger partial charge is 0.356 e. The lowest BCUT2D eigenvalue weighted by molar-refractivity contribution is -0.167. The Morgan fingerprint density at radius 3 is 2.55 bits per heavy atom. The van der Waals surface area contributed by atoms with E-state index in [9.17, 15) is 9.59 Å². The van der Waals surface area contributed by atoms with Gasteiger partial charge in [-0.05, 0) is 32.3 Å². The van der Waals surface area contributed by atoms with E-state index in [-0.39, 0.29) is 30.5 Å². The van der Waals surface area contributed by atoms with Gasteiger partial charge in [0.05, 0.1) is 12.2 Å². The molecule has 0 bridgehead atoms. The lowest BCUT2D eigenvalue weighted by Gasteiger charge is -2.43. The number of hydrogen-bond donors (Lipinski definition) is 1. The van der Waals surface area contributed by atoms with Gasteiger partial charge >= 0.3 is 0 Å². The minimum absolute atomic E-state index is 0.0351. The second-order valence-electron chi connectivity index (χ2n) is 8.32. The zero-order valence-electron chi connectivity index (χ0n) is 18.0. The van der Waals surface area contributed by atoms with Crippen LogP contribution in [0.15, 0.2) is 48.9 Å². The molecule has 1 N–H and O–H groups in total. The molecule has 2 aliphatic heterocycles. The van der Waals surface area contributed by atoms with Gasteiger partial charge in [-0.3, -0.25) is 14.6 Å². The van der Waals surface area contributed by atoms with Crippen LogP contribution in [0.3, 0.4) is 0 Å². The summed E-state index contributed by atoms with van der Waals surface area (Å²) in [5.74, 6) is 0.605. The van der Waals surface area contributed by atoms with Crippen LogP contribution in [0.2, 0.25) is 0 Å². The van der Waals surface area contributed by atoms with Crippen molar-refractivity contribution in [1.82, 2.24) is 20.2 Å². The molecule has 164 valence electrons. The van der Waals surface area contributed by atoms with Crippen LogP contribution < -0.4 is 10.2 Å². The lowest BCUT2D eigenvalue weighted by Crippen LogP contribution is -2.58. The Labute approximate surface area is 182 Å². The van der Waals surface area contributed by atoms with E-state index in [2.05, 4.69) is 20.2 Å². The molecule has 2 saturated heterocycles. The van der Waals surface area contributed by atoms with Gasteiger partial charge in [0.2, 0.25) is 5.91 Å². The fourth-order valence-electron chi connectivity index (χ4n) is 4.43. The monoisotopic (exact) mass is 423 g/mol. The first kappa shape index (κ1) is 21.2. The van der Waals surface area contributed by atoms with Crippen molar-refractivity contribution in [2.24, 2.45) is 0 Å². The fourth-order valence-corrected chi connectivity index (χ4v) is 4.43. The predicted molar refractivity (Wildman–Crippen MR) is 116 cm³/mol. The van der Waals surface area contributed by atoms with E-state index < -0.39 is 12.1 Å². The zero-order valence-corrected chi connectivity index (χ0v) is 18.0. The minimum Gasteiger partial charge on any atom is -0.356 e. The molecule has 8 nitrogen and oxygen atoms in total. The van der Waals surface area contributed by atoms with Crippen LogP contribution in [0.4, 0.5) is 5.82 Å². The highest BCUT2D eigenvalue weighted by molar-refractivity contribution is 5.86. The third kappa shape index (κ3) is 4.69. The summed E-state index contributed by atoms with van der Waals surface area (Å²) in [5, 5.41) is 3.17. The highest BCUT2D eigenvalue weighted by Gasteiger charge is 2.43. The number of nitrogens with one attached hydrogen (secondary N) is 1. The number of carbonyl (C=O) groups excluding carboxylic acids is 2. The average Bonchev–Trinajstić information content (AvgIpc) is 2.80. The summed E-state index contributed by atoms with van der Waals surface area (Å²) >= 11 is 0. The molecule has 2 atom stereocenters. The Hall–Kier alpha value is -3.00. The highest BCUT2D eigenvalue weighted by atomic mass is 16.5. The fraction of sp³-hybridized carbons (Fsp3) is 0.478. The molecule has 0 radical (unpaired) electrons. The van der Waals surface area contributed by atoms with Gasteiger partial charge in [-0.15, -0.1) is 0 Å². The second kappa shape index (κ2) is 9.43. The maximum atomic E-state index is 13.3. The van der Waals surface area contributed by atoms with Crippen LogP contribution in [-0.2, 0) is 14.3 Å². The molecule has 0 aliphatic carbocycles. The minimum atomic E-state index is -0.736. The number of amides is 2. The van der Waals surface area contributed by atoms with Gasteiger partial charge in [0.1, 0.15) is 12.4 Å². The van der Waals surface area contributed by atoms with Gasteiger partial charge in [-0.2, -0.15) is 0 Å². The number of anilines is 1. The standard InChI is InChI=1S/C23H29N5O3/c1-16(2)28-20(29)15-31-22(21(28)17-6-4-3-5-7-17)23(30)26-18-8-12-27(13-9-18)19-14-24-10-11-25-19/h3-7,10-11,14,16,18,21-22H,8-9,12-13,15H2,1-2H3,(H,26,30)/t21-,22+/m1/s1. The van der Waals surface area contributed by atoms with Crippen molar-refractivity contribution in [3.05, 3.63) is 54.5 Å². The Kier molecular flexibility index (Phi) is 6.46. The zero-order chi connectivity index (χ0) is 21.8. The Balaban J connectivity index is 1.45. The number of carbonyl (C=O) groups is 2. The Morgan fingerprint density at radius 1 is 1.16 bits per heavy atom. The quantitative estimate of drug-likeness (QED) is 0.791. The molecule has 0 unspecified atom stereocenters. The van der Waals surface area contributed by atoms with Crippen LogP contribution in [-0.4, -0.2) is 64.6 Å². The van der Waals surface area contributed by atoms with Gasteiger partial charge in [0.15, 0.2) is 6.10 Å². The molecule has 0 spiro atoms. The molecule has 1 aromatic carbocycles. The topological polar surface area (TPSA) is 87.7 Å². The van der Waals surface area contributed by atoms with Gasteiger partial charge < -0.3 is 19.9 Å². The van der Waals surface area contributed by atoms with E-state index in [1.807, 2.05) is 44.2 Å². The van der Waals surface area contributed by atoms with Crippen LogP contribution >= 0.6 is 0 Å². The maximum absolute atomic E-state index is 13.3. The van der Waals surface area contributed by atoms with Crippen molar-refractivity contribution >= 4 is 17.6 Å². The van der Waals surface area contributed by atoms with Gasteiger partial charge in [-0.1, -0.05) is 30.3 Å². The number of nitrogens with zero attached hydrogens (tertiary/aromatic N) is 4. The third-order valence-corrected chi connectivity index (χ3v) is 5.93. The smallest absolute Gasteiger partial charge is 0.251 e. The van der Waals surface area contributed by atoms with E-state index in [0.29, 0.717) is 0 Å². The van der Waals surface area contributed by atoms with Crippen molar-refractivity contribution in [3.8, 4) is 0 Å². The molecule has 2 fully saturated rings. The van der Waals surface area contributed by atoms with E-state index in [0.717, 1.165) is 37.3 Å². The average molecular weight is 424 g/mol. The van der Waals surface area contributed by atoms with Gasteiger partial charge in [-0.25, -0.2) is 4.98 Å². The summed E-state index contributed by atoms with van der Waals surface area (Å²) in [6, 6.07) is 9.24. The number of piperidine rings is 1. The molecule has 3 heterocycles. The first-order chi connectivity index (χ1) is 15.0. The van der Waals surface area contributed by atoms with Crippen LogP contribution in [0, 0.1) is 0 Å². The third-order valence-electron chi connectivity index (χ3n) is 5.93. The summed E-state index contributed by atoms with van der Waals surface area (Å²) in [5.41, 5.74) is 0.905. The van der Waals surface area contributed by atoms with Gasteiger partial charge in [0.25, 0.3) is 5.91 Å². The normalized spacial score (nSPS) is 22.6. The second-order valence-corrected chi connectivity index (χ2v) is 8.32. The SMILES string of the molecule is CC(C)N1C(=O)CO[C@H](C(=O)NC2CCN(c3cnccn3)CC2)[C@H]1c1ccccc1. The molecular weight excluding hydrogens is 394 g/mol. The Bertz CT molecular complexity index is 885. The molecule has 31 heavy (non-hydrogen) atoms. The first-order valence-corrected chi connectivity index (χ1v) is 10.8. The molecule has 8 heteroatoms. The first-order valence-electron chi connectivity index (χ1n) is 10.8. The summed E-state index contributed by atoms with van der Waals surface area (Å²) in [6.07, 6.45) is 6.01. The molecule has 4 rings (SSSR count). The van der Waals surface area contributed by atoms with E-state index >= 15 is 0 Å². The summed E-state index contributed by atoms with van der Waals surface area (Å²) < 4.78 is 5.80. The van der Waals surface area contributed by atoms with Crippen LogP contribution in [0.5, 0.6) is 0 Å². The molecular formula is C23H29N5O3. The van der Waals surface area contributed by atoms with E-state index in [4.69, 9.17) is 4.74 Å². The maximum Gasteiger partial charge on any atom is 0.251 e. The van der Waals surface area contributed by atoms with Crippen molar-refractivity contribution in [3.63, 3.8) is 0 Å². The summed E-state index contributed by atoms with van der Waals surface area (Å²) in [4.78, 5) is 38.3. The van der Waals surface area contributed by atoms with Crippen molar-refractivity contribution in [2.45, 2.75) is 50.9 Å². The molecule has 2 aromatic rings. The summed E-state index contributed by atoms with van der Waals surface area (Å²) in [6.45, 7) is 5.46. The summed E-state index contributed by atoms with van der Waals surface area (Å²) in [7, 11) is 0. The highest BCUT2D eigenvalue weighted by Crippen LogP contribution is 2.32. The lowest BCUT2D eigenvalue weighted by atomic mass is 9.95.